The van der Waals surface area contributed by atoms with Crippen molar-refractivity contribution in [3.05, 3.63) is 67.7 Å². The molecule has 0 spiro atoms. The first kappa shape index (κ1) is 23.9. The fourth-order valence-corrected chi connectivity index (χ4v) is 3.41. The lowest BCUT2D eigenvalue weighted by Gasteiger charge is -2.32. The number of nitro groups is 1. The van der Waals surface area contributed by atoms with Gasteiger partial charge >= 0.3 is 0 Å². The van der Waals surface area contributed by atoms with Crippen LogP contribution in [-0.4, -0.2) is 59.1 Å². The van der Waals surface area contributed by atoms with Gasteiger partial charge in [-0.05, 0) is 42.9 Å². The van der Waals surface area contributed by atoms with Crippen molar-refractivity contribution in [3.63, 3.8) is 0 Å². The van der Waals surface area contributed by atoms with Crippen LogP contribution in [0.25, 0.3) is 0 Å². The molecule has 2 aromatic carbocycles. The summed E-state index contributed by atoms with van der Waals surface area (Å²) in [7, 11) is 2.05. The van der Waals surface area contributed by atoms with Gasteiger partial charge in [0, 0.05) is 44.0 Å². The summed E-state index contributed by atoms with van der Waals surface area (Å²) < 4.78 is 0. The van der Waals surface area contributed by atoms with Crippen molar-refractivity contribution in [2.45, 2.75) is 0 Å². The highest BCUT2D eigenvalue weighted by atomic mass is 35.5. The molecule has 0 bridgehead atoms. The lowest BCUT2D eigenvalue weighted by atomic mass is 10.1. The van der Waals surface area contributed by atoms with Gasteiger partial charge in [0.15, 0.2) is 0 Å². The molecule has 1 aliphatic rings. The quantitative estimate of drug-likeness (QED) is 0.313. The van der Waals surface area contributed by atoms with E-state index in [0.29, 0.717) is 16.3 Å². The van der Waals surface area contributed by atoms with Crippen molar-refractivity contribution in [2.24, 2.45) is 0 Å². The molecule has 0 radical (unpaired) electrons. The Hall–Kier alpha value is -2.39. The number of rotatable bonds is 3. The molecule has 1 aliphatic heterocycles. The minimum atomic E-state index is -0.736. The fraction of sp³-hybridized carbons (Fsp3) is 0.263. The Bertz CT molecular complexity index is 963. The number of benzene rings is 2. The molecule has 0 saturated carbocycles. The summed E-state index contributed by atoms with van der Waals surface area (Å²) in [6, 6.07) is 8.48. The van der Waals surface area contributed by atoms with E-state index in [4.69, 9.17) is 40.5 Å². The summed E-state index contributed by atoms with van der Waals surface area (Å²) in [6.07, 6.45) is 0. The Morgan fingerprint density at radius 2 is 1.57 bits per heavy atom. The molecule has 2 N–H and O–H groups in total. The summed E-state index contributed by atoms with van der Waals surface area (Å²) in [5, 5.41) is 9.93. The molecule has 1 heterocycles. The van der Waals surface area contributed by atoms with Gasteiger partial charge in [-0.15, -0.1) is 0 Å². The predicted molar refractivity (Wildman–Crippen MR) is 118 cm³/mol. The Labute approximate surface area is 188 Å². The zero-order valence-corrected chi connectivity index (χ0v) is 18.2. The molecule has 1 amide bonds. The van der Waals surface area contributed by atoms with Gasteiger partial charge in [0.25, 0.3) is 16.8 Å². The van der Waals surface area contributed by atoms with E-state index >= 15 is 0 Å². The molecule has 8 nitrogen and oxygen atoms in total. The van der Waals surface area contributed by atoms with Crippen molar-refractivity contribution in [3.8, 4) is 0 Å². The van der Waals surface area contributed by atoms with Gasteiger partial charge in [-0.1, -0.05) is 23.2 Å². The average Bonchev–Trinajstić information content (AvgIpc) is 2.68. The first-order chi connectivity index (χ1) is 14.1. The van der Waals surface area contributed by atoms with E-state index in [1.165, 1.54) is 12.1 Å². The fourth-order valence-electron chi connectivity index (χ4n) is 2.66. The number of likely N-dealkylation sites (N-methyl/N-ethyl adjacent to an activating group) is 1. The largest absolute Gasteiger partial charge is 0.399 e. The van der Waals surface area contributed by atoms with Gasteiger partial charge < -0.3 is 15.5 Å². The molecular formula is C19H19Cl3N4O4. The SMILES string of the molecule is CN1CCN(C(=O)c2ccc(N)cc2Cl)CC1.O=C(Cl)c1ccc([N+](=O)[O-])cc1Cl. The number of nitrogens with zero attached hydrogens (tertiary/aromatic N) is 3. The van der Waals surface area contributed by atoms with Crippen LogP contribution in [-0.2, 0) is 0 Å². The number of hydrogen-bond donors (Lipinski definition) is 1. The maximum Gasteiger partial charge on any atom is 0.270 e. The zero-order chi connectivity index (χ0) is 22.4. The summed E-state index contributed by atoms with van der Waals surface area (Å²) >= 11 is 16.7. The number of piperazine rings is 1. The third-order valence-electron chi connectivity index (χ3n) is 4.39. The molecule has 0 aliphatic carbocycles. The molecule has 0 unspecified atom stereocenters. The molecule has 3 rings (SSSR count). The van der Waals surface area contributed by atoms with E-state index in [1.54, 1.807) is 18.2 Å². The van der Waals surface area contributed by atoms with Crippen LogP contribution < -0.4 is 5.73 Å². The highest BCUT2D eigenvalue weighted by Crippen LogP contribution is 2.23. The minimum absolute atomic E-state index is 0.0110. The summed E-state index contributed by atoms with van der Waals surface area (Å²) in [5.74, 6) is -0.0110. The normalized spacial score (nSPS) is 13.9. The Morgan fingerprint density at radius 1 is 1.00 bits per heavy atom. The molecule has 0 aromatic heterocycles. The maximum absolute atomic E-state index is 12.2. The minimum Gasteiger partial charge on any atom is -0.399 e. The van der Waals surface area contributed by atoms with Gasteiger partial charge in [0.2, 0.25) is 0 Å². The number of carbonyl (C=O) groups excluding carboxylic acids is 2. The molecule has 160 valence electrons. The topological polar surface area (TPSA) is 110 Å². The third kappa shape index (κ3) is 6.30. The van der Waals surface area contributed by atoms with E-state index in [0.717, 1.165) is 32.2 Å². The number of non-ortho nitro benzene ring substituents is 1. The molecule has 1 fully saturated rings. The van der Waals surface area contributed by atoms with Gasteiger partial charge in [-0.3, -0.25) is 19.7 Å². The predicted octanol–water partition coefficient (Wildman–Crippen LogP) is 3.94. The van der Waals surface area contributed by atoms with Gasteiger partial charge in [0.05, 0.1) is 26.1 Å². The lowest BCUT2D eigenvalue weighted by Crippen LogP contribution is -2.47. The second-order valence-electron chi connectivity index (χ2n) is 6.53. The van der Waals surface area contributed by atoms with E-state index < -0.39 is 10.2 Å². The van der Waals surface area contributed by atoms with Crippen LogP contribution in [0.3, 0.4) is 0 Å². The molecule has 2 aromatic rings. The first-order valence-electron chi connectivity index (χ1n) is 8.76. The number of amides is 1. The van der Waals surface area contributed by atoms with E-state index in [-0.39, 0.29) is 22.2 Å². The van der Waals surface area contributed by atoms with Crippen LogP contribution in [0.5, 0.6) is 0 Å². The van der Waals surface area contributed by atoms with E-state index in [2.05, 4.69) is 11.9 Å². The highest BCUT2D eigenvalue weighted by molar-refractivity contribution is 6.68. The second kappa shape index (κ2) is 10.6. The smallest absolute Gasteiger partial charge is 0.270 e. The number of nitrogen functional groups attached to an aromatic ring is 1. The first-order valence-corrected chi connectivity index (χ1v) is 9.90. The summed E-state index contributed by atoms with van der Waals surface area (Å²) in [6.45, 7) is 3.29. The molecule has 30 heavy (non-hydrogen) atoms. The number of nitro benzene ring substituents is 1. The second-order valence-corrected chi connectivity index (χ2v) is 7.69. The van der Waals surface area contributed by atoms with Crippen LogP contribution >= 0.6 is 34.8 Å². The monoisotopic (exact) mass is 472 g/mol. The summed E-state index contributed by atoms with van der Waals surface area (Å²) in [5.41, 5.74) is 6.60. The van der Waals surface area contributed by atoms with Gasteiger partial charge in [-0.25, -0.2) is 0 Å². The van der Waals surface area contributed by atoms with Crippen LogP contribution in [0.1, 0.15) is 20.7 Å². The zero-order valence-electron chi connectivity index (χ0n) is 16.0. The number of nitrogens with two attached hydrogens (primary N) is 1. The van der Waals surface area contributed by atoms with Crippen molar-refractivity contribution in [1.29, 1.82) is 0 Å². The molecule has 0 atom stereocenters. The van der Waals surface area contributed by atoms with Crippen LogP contribution in [0.2, 0.25) is 10.0 Å². The molecule has 11 heteroatoms. The number of carbonyl (C=O) groups is 2. The van der Waals surface area contributed by atoms with Crippen LogP contribution in [0.15, 0.2) is 36.4 Å². The molecular weight excluding hydrogens is 455 g/mol. The Balaban J connectivity index is 0.000000222. The Morgan fingerprint density at radius 3 is 2.07 bits per heavy atom. The number of anilines is 1. The standard InChI is InChI=1S/C12H16ClN3O.C7H3Cl2NO3/c1-15-4-6-16(7-5-15)12(17)10-3-2-9(14)8-11(10)13;8-6-3-4(10(12)13)1-2-5(6)7(9)11/h2-3,8H,4-7,14H2,1H3;1-3H. The van der Waals surface area contributed by atoms with Crippen LogP contribution in [0, 0.1) is 10.1 Å². The van der Waals surface area contributed by atoms with Crippen molar-refractivity contribution < 1.29 is 14.5 Å². The van der Waals surface area contributed by atoms with E-state index in [9.17, 15) is 19.7 Å². The van der Waals surface area contributed by atoms with Gasteiger partial charge in [-0.2, -0.15) is 0 Å². The summed E-state index contributed by atoms with van der Waals surface area (Å²) in [4.78, 5) is 36.6. The number of halogens is 3. The Kier molecular flexibility index (Phi) is 8.43. The maximum atomic E-state index is 12.2. The number of hydrogen-bond acceptors (Lipinski definition) is 6. The van der Waals surface area contributed by atoms with Crippen molar-refractivity contribution >= 4 is 57.3 Å². The third-order valence-corrected chi connectivity index (χ3v) is 5.22. The lowest BCUT2D eigenvalue weighted by molar-refractivity contribution is -0.384. The highest BCUT2D eigenvalue weighted by Gasteiger charge is 2.22. The van der Waals surface area contributed by atoms with Crippen molar-refractivity contribution in [2.75, 3.05) is 39.0 Å². The van der Waals surface area contributed by atoms with Gasteiger partial charge in [0.1, 0.15) is 0 Å². The average molecular weight is 474 g/mol. The van der Waals surface area contributed by atoms with Crippen LogP contribution in [0.4, 0.5) is 11.4 Å². The molecule has 1 saturated heterocycles. The van der Waals surface area contributed by atoms with E-state index in [1.807, 2.05) is 4.90 Å². The van der Waals surface area contributed by atoms with Crippen molar-refractivity contribution in [1.82, 2.24) is 9.80 Å².